The van der Waals surface area contributed by atoms with Gasteiger partial charge >= 0.3 is 0 Å². The Labute approximate surface area is 140 Å². The number of para-hydroxylation sites is 1. The zero-order valence-electron chi connectivity index (χ0n) is 13.1. The molecule has 24 heavy (non-hydrogen) atoms. The van der Waals surface area contributed by atoms with Gasteiger partial charge in [0, 0.05) is 13.1 Å². The number of aromatic nitrogens is 1. The van der Waals surface area contributed by atoms with Crippen molar-refractivity contribution in [1.82, 2.24) is 9.71 Å². The highest BCUT2D eigenvalue weighted by Gasteiger charge is 2.26. The zero-order valence-corrected chi connectivity index (χ0v) is 13.9. The molecule has 1 aliphatic carbocycles. The SMILES string of the molecule is CC(=O)Nc1ccccc1S(=O)(=O)NC1CC=Cc2cccnc21. The van der Waals surface area contributed by atoms with E-state index in [9.17, 15) is 13.2 Å². The average Bonchev–Trinajstić information content (AvgIpc) is 2.55. The van der Waals surface area contributed by atoms with Gasteiger partial charge in [-0.05, 0) is 30.2 Å². The van der Waals surface area contributed by atoms with E-state index in [0.29, 0.717) is 12.1 Å². The minimum atomic E-state index is -3.82. The molecule has 0 saturated carbocycles. The Morgan fingerprint density at radius 1 is 1.21 bits per heavy atom. The van der Waals surface area contributed by atoms with E-state index in [2.05, 4.69) is 15.0 Å². The van der Waals surface area contributed by atoms with Crippen LogP contribution in [-0.4, -0.2) is 19.3 Å². The van der Waals surface area contributed by atoms with E-state index in [4.69, 9.17) is 0 Å². The maximum absolute atomic E-state index is 12.8. The lowest BCUT2D eigenvalue weighted by Gasteiger charge is -2.22. The van der Waals surface area contributed by atoms with Crippen LogP contribution in [0.3, 0.4) is 0 Å². The third kappa shape index (κ3) is 3.37. The van der Waals surface area contributed by atoms with Gasteiger partial charge in [-0.15, -0.1) is 0 Å². The maximum Gasteiger partial charge on any atom is 0.243 e. The fourth-order valence-electron chi connectivity index (χ4n) is 2.65. The highest BCUT2D eigenvalue weighted by molar-refractivity contribution is 7.89. The Morgan fingerprint density at radius 3 is 2.79 bits per heavy atom. The van der Waals surface area contributed by atoms with Crippen LogP contribution in [0.5, 0.6) is 0 Å². The van der Waals surface area contributed by atoms with Gasteiger partial charge in [-0.1, -0.05) is 30.4 Å². The monoisotopic (exact) mass is 343 g/mol. The molecule has 1 aromatic carbocycles. The van der Waals surface area contributed by atoms with Gasteiger partial charge < -0.3 is 5.32 Å². The number of carbonyl (C=O) groups excluding carboxylic acids is 1. The van der Waals surface area contributed by atoms with Crippen molar-refractivity contribution >= 4 is 27.7 Å². The molecule has 0 fully saturated rings. The van der Waals surface area contributed by atoms with E-state index < -0.39 is 16.1 Å². The van der Waals surface area contributed by atoms with E-state index in [-0.39, 0.29) is 16.5 Å². The van der Waals surface area contributed by atoms with Crippen LogP contribution in [0.1, 0.15) is 30.6 Å². The predicted molar refractivity (Wildman–Crippen MR) is 91.7 cm³/mol. The van der Waals surface area contributed by atoms with E-state index in [1.807, 2.05) is 24.3 Å². The molecule has 1 unspecified atom stereocenters. The Hall–Kier alpha value is -2.51. The van der Waals surface area contributed by atoms with Crippen molar-refractivity contribution in [1.29, 1.82) is 0 Å². The summed E-state index contributed by atoms with van der Waals surface area (Å²) in [5.41, 5.74) is 1.84. The molecule has 0 spiro atoms. The number of carbonyl (C=O) groups is 1. The van der Waals surface area contributed by atoms with Gasteiger partial charge in [0.2, 0.25) is 15.9 Å². The second-order valence-electron chi connectivity index (χ2n) is 5.47. The third-order valence-electron chi connectivity index (χ3n) is 3.66. The lowest BCUT2D eigenvalue weighted by molar-refractivity contribution is -0.114. The molecule has 1 amide bonds. The van der Waals surface area contributed by atoms with Crippen LogP contribution < -0.4 is 10.0 Å². The minimum Gasteiger partial charge on any atom is -0.325 e. The van der Waals surface area contributed by atoms with Crippen LogP contribution in [0.25, 0.3) is 6.08 Å². The summed E-state index contributed by atoms with van der Waals surface area (Å²) in [6, 6.07) is 9.57. The van der Waals surface area contributed by atoms with Gasteiger partial charge in [0.05, 0.1) is 17.4 Å². The van der Waals surface area contributed by atoms with Crippen molar-refractivity contribution in [3.05, 3.63) is 59.9 Å². The van der Waals surface area contributed by atoms with E-state index in [0.717, 1.165) is 5.56 Å². The predicted octanol–water partition coefficient (Wildman–Crippen LogP) is 2.48. The van der Waals surface area contributed by atoms with Crippen LogP contribution in [0.2, 0.25) is 0 Å². The van der Waals surface area contributed by atoms with E-state index in [1.165, 1.54) is 13.0 Å². The zero-order chi connectivity index (χ0) is 17.2. The number of pyridine rings is 1. The Bertz CT molecular complexity index is 907. The molecule has 1 heterocycles. The molecular formula is C17H17N3O3S. The fourth-order valence-corrected chi connectivity index (χ4v) is 4.03. The Morgan fingerprint density at radius 2 is 2.00 bits per heavy atom. The number of nitrogens with zero attached hydrogens (tertiary/aromatic N) is 1. The summed E-state index contributed by atoms with van der Waals surface area (Å²) >= 11 is 0. The van der Waals surface area contributed by atoms with Gasteiger partial charge in [-0.2, -0.15) is 0 Å². The first kappa shape index (κ1) is 16.4. The fraction of sp³-hybridized carbons (Fsp3) is 0.176. The first-order valence-corrected chi connectivity index (χ1v) is 8.96. The normalized spacial score (nSPS) is 16.5. The number of benzene rings is 1. The first-order valence-electron chi connectivity index (χ1n) is 7.48. The molecule has 3 rings (SSSR count). The van der Waals surface area contributed by atoms with Gasteiger partial charge in [-0.25, -0.2) is 13.1 Å². The van der Waals surface area contributed by atoms with Crippen molar-refractivity contribution < 1.29 is 13.2 Å². The molecule has 0 aliphatic heterocycles. The lowest BCUT2D eigenvalue weighted by atomic mass is 9.99. The summed E-state index contributed by atoms with van der Waals surface area (Å²) in [5.74, 6) is -0.328. The van der Waals surface area contributed by atoms with E-state index in [1.54, 1.807) is 24.4 Å². The summed E-state index contributed by atoms with van der Waals surface area (Å²) in [7, 11) is -3.82. The standard InChI is InChI=1S/C17H17N3O3S/c1-12(21)19-14-8-2-3-10-16(14)24(22,23)20-15-9-4-6-13-7-5-11-18-17(13)15/h2-8,10-11,15,20H,9H2,1H3,(H,19,21). The van der Waals surface area contributed by atoms with Gasteiger partial charge in [0.1, 0.15) is 4.90 Å². The average molecular weight is 343 g/mol. The number of rotatable bonds is 4. The van der Waals surface area contributed by atoms with Crippen LogP contribution >= 0.6 is 0 Å². The molecule has 0 radical (unpaired) electrons. The molecule has 7 heteroatoms. The second-order valence-corrected chi connectivity index (χ2v) is 7.15. The number of hydrogen-bond acceptors (Lipinski definition) is 4. The Balaban J connectivity index is 1.93. The largest absolute Gasteiger partial charge is 0.325 e. The number of hydrogen-bond donors (Lipinski definition) is 2. The molecule has 0 bridgehead atoms. The smallest absolute Gasteiger partial charge is 0.243 e. The summed E-state index contributed by atoms with van der Waals surface area (Å²) in [6.07, 6.45) is 6.01. The van der Waals surface area contributed by atoms with Crippen molar-refractivity contribution in [3.8, 4) is 0 Å². The second kappa shape index (κ2) is 6.54. The summed E-state index contributed by atoms with van der Waals surface area (Å²) in [6.45, 7) is 1.34. The first-order chi connectivity index (χ1) is 11.5. The van der Waals surface area contributed by atoms with Crippen molar-refractivity contribution in [2.24, 2.45) is 0 Å². The maximum atomic E-state index is 12.8. The molecule has 124 valence electrons. The molecule has 1 aromatic heterocycles. The molecule has 2 aromatic rings. The number of nitrogens with one attached hydrogen (secondary N) is 2. The van der Waals surface area contributed by atoms with Crippen molar-refractivity contribution in [3.63, 3.8) is 0 Å². The quantitative estimate of drug-likeness (QED) is 0.893. The number of fused-ring (bicyclic) bond motifs is 1. The van der Waals surface area contributed by atoms with Gasteiger partial charge in [-0.3, -0.25) is 9.78 Å². The van der Waals surface area contributed by atoms with Crippen LogP contribution in [0.4, 0.5) is 5.69 Å². The number of anilines is 1. The van der Waals surface area contributed by atoms with Crippen LogP contribution in [0, 0.1) is 0 Å². The number of sulfonamides is 1. The summed E-state index contributed by atoms with van der Waals surface area (Å²) < 4.78 is 28.3. The molecule has 0 saturated heterocycles. The van der Waals surface area contributed by atoms with Crippen molar-refractivity contribution in [2.45, 2.75) is 24.3 Å². The number of amides is 1. The van der Waals surface area contributed by atoms with Gasteiger partial charge in [0.25, 0.3) is 0 Å². The van der Waals surface area contributed by atoms with E-state index >= 15 is 0 Å². The summed E-state index contributed by atoms with van der Waals surface area (Å²) in [5, 5.41) is 2.55. The summed E-state index contributed by atoms with van der Waals surface area (Å²) in [4.78, 5) is 15.6. The lowest BCUT2D eigenvalue weighted by Crippen LogP contribution is -2.31. The van der Waals surface area contributed by atoms with Crippen LogP contribution in [0.15, 0.2) is 53.6 Å². The third-order valence-corrected chi connectivity index (χ3v) is 5.19. The molecule has 1 aliphatic rings. The Kier molecular flexibility index (Phi) is 4.46. The molecular weight excluding hydrogens is 326 g/mol. The molecule has 1 atom stereocenters. The minimum absolute atomic E-state index is 0.0345. The van der Waals surface area contributed by atoms with Crippen LogP contribution in [-0.2, 0) is 14.8 Å². The highest BCUT2D eigenvalue weighted by Crippen LogP contribution is 2.29. The molecule has 6 nitrogen and oxygen atoms in total. The molecule has 2 N–H and O–H groups in total. The van der Waals surface area contributed by atoms with Gasteiger partial charge in [0.15, 0.2) is 0 Å². The van der Waals surface area contributed by atoms with Crippen molar-refractivity contribution in [2.75, 3.05) is 5.32 Å². The topological polar surface area (TPSA) is 88.2 Å². The highest BCUT2D eigenvalue weighted by atomic mass is 32.2.